The third-order valence-electron chi connectivity index (χ3n) is 7.69. The fourth-order valence-corrected chi connectivity index (χ4v) is 5.77. The molecule has 180 valence electrons. The van der Waals surface area contributed by atoms with Gasteiger partial charge in [0.2, 0.25) is 0 Å². The van der Waals surface area contributed by atoms with E-state index in [2.05, 4.69) is 119 Å². The van der Waals surface area contributed by atoms with E-state index in [-0.39, 0.29) is 0 Å². The molecule has 0 aliphatic rings. The quantitative estimate of drug-likeness (QED) is 0.233. The Balaban J connectivity index is 1.32. The number of fused-ring (bicyclic) bond motifs is 9. The number of para-hydroxylation sites is 2. The molecule has 0 saturated heterocycles. The highest BCUT2D eigenvalue weighted by Crippen LogP contribution is 2.37. The number of furan rings is 1. The Morgan fingerprint density at radius 3 is 2.21 bits per heavy atom. The van der Waals surface area contributed by atoms with Gasteiger partial charge < -0.3 is 4.42 Å². The first-order valence-corrected chi connectivity index (χ1v) is 13.0. The highest BCUT2D eigenvalue weighted by molar-refractivity contribution is 6.12. The van der Waals surface area contributed by atoms with Crippen LogP contribution < -0.4 is 0 Å². The van der Waals surface area contributed by atoms with E-state index in [1.807, 2.05) is 12.1 Å². The maximum atomic E-state index is 6.28. The average molecular weight is 490 g/mol. The van der Waals surface area contributed by atoms with Gasteiger partial charge in [-0.3, -0.25) is 4.40 Å². The topological polar surface area (TPSA) is 43.3 Å². The lowest BCUT2D eigenvalue weighted by atomic mass is 10.0. The van der Waals surface area contributed by atoms with Crippen LogP contribution in [0.25, 0.3) is 71.8 Å². The number of hydrogen-bond acceptors (Lipinski definition) is 3. The van der Waals surface area contributed by atoms with Crippen molar-refractivity contribution in [1.82, 2.24) is 14.6 Å². The van der Waals surface area contributed by atoms with Crippen LogP contribution in [0.2, 0.25) is 0 Å². The first-order chi connectivity index (χ1) is 18.8. The van der Waals surface area contributed by atoms with E-state index in [0.29, 0.717) is 0 Å². The van der Waals surface area contributed by atoms with E-state index in [1.165, 1.54) is 16.3 Å². The molecule has 0 unspecified atom stereocenters. The molecular formula is C34H23N3O. The molecule has 0 aliphatic carbocycles. The fraction of sp³-hybridized carbons (Fsp3) is 0.0588. The predicted octanol–water partition coefficient (Wildman–Crippen LogP) is 8.83. The maximum Gasteiger partial charge on any atom is 0.169 e. The zero-order valence-corrected chi connectivity index (χ0v) is 20.8. The SMILES string of the molecule is CCc1ccc2c(c1)c1ccccc1c1nnc(-c3ccc(-c4cccc5c4oc4ccccc45)cc3)n21. The van der Waals surface area contributed by atoms with Crippen molar-refractivity contribution in [3.8, 4) is 22.5 Å². The molecule has 0 fully saturated rings. The van der Waals surface area contributed by atoms with Gasteiger partial charge in [0.1, 0.15) is 11.2 Å². The zero-order chi connectivity index (χ0) is 25.2. The lowest BCUT2D eigenvalue weighted by molar-refractivity contribution is 0.670. The van der Waals surface area contributed by atoms with Crippen molar-refractivity contribution >= 4 is 49.3 Å². The van der Waals surface area contributed by atoms with Crippen molar-refractivity contribution < 1.29 is 4.42 Å². The smallest absolute Gasteiger partial charge is 0.169 e. The third-order valence-corrected chi connectivity index (χ3v) is 7.69. The molecule has 8 aromatic rings. The molecule has 0 saturated carbocycles. The summed E-state index contributed by atoms with van der Waals surface area (Å²) in [6.45, 7) is 2.19. The second-order valence-corrected chi connectivity index (χ2v) is 9.79. The second-order valence-electron chi connectivity index (χ2n) is 9.79. The van der Waals surface area contributed by atoms with Crippen molar-refractivity contribution in [2.75, 3.05) is 0 Å². The van der Waals surface area contributed by atoms with Crippen LogP contribution in [0.4, 0.5) is 0 Å². The Morgan fingerprint density at radius 1 is 0.632 bits per heavy atom. The molecule has 3 aromatic heterocycles. The highest BCUT2D eigenvalue weighted by Gasteiger charge is 2.17. The minimum Gasteiger partial charge on any atom is -0.455 e. The standard InChI is InChI=1S/C34H23N3O/c1-2-21-14-19-30-29(20-21)25-8-3-4-10-28(25)34-36-35-33(37(30)34)23-17-15-22(16-18-23)24-11-7-12-27-26-9-5-6-13-31(26)38-32(24)27/h3-20H,2H2,1H3. The minimum absolute atomic E-state index is 0.841. The van der Waals surface area contributed by atoms with E-state index in [4.69, 9.17) is 4.42 Å². The Kier molecular flexibility index (Phi) is 4.47. The zero-order valence-electron chi connectivity index (χ0n) is 20.8. The molecule has 0 amide bonds. The third kappa shape index (κ3) is 2.97. The molecule has 0 N–H and O–H groups in total. The van der Waals surface area contributed by atoms with Gasteiger partial charge in [0.05, 0.1) is 5.52 Å². The Hall–Kier alpha value is -4.96. The normalized spacial score (nSPS) is 11.9. The van der Waals surface area contributed by atoms with Gasteiger partial charge in [-0.25, -0.2) is 0 Å². The van der Waals surface area contributed by atoms with Crippen LogP contribution >= 0.6 is 0 Å². The van der Waals surface area contributed by atoms with E-state index >= 15 is 0 Å². The summed E-state index contributed by atoms with van der Waals surface area (Å²) in [5.41, 5.74) is 8.35. The van der Waals surface area contributed by atoms with Crippen LogP contribution in [0.5, 0.6) is 0 Å². The number of rotatable bonds is 3. The van der Waals surface area contributed by atoms with Crippen molar-refractivity contribution in [2.24, 2.45) is 0 Å². The summed E-state index contributed by atoms with van der Waals surface area (Å²) >= 11 is 0. The molecule has 0 aliphatic heterocycles. The fourth-order valence-electron chi connectivity index (χ4n) is 5.77. The Bertz CT molecular complexity index is 2170. The van der Waals surface area contributed by atoms with E-state index in [9.17, 15) is 0 Å². The van der Waals surface area contributed by atoms with Crippen molar-refractivity contribution in [2.45, 2.75) is 13.3 Å². The Labute approximate surface area is 218 Å². The van der Waals surface area contributed by atoms with Crippen LogP contribution in [-0.2, 0) is 6.42 Å². The second kappa shape index (κ2) is 8.02. The molecule has 3 heterocycles. The monoisotopic (exact) mass is 489 g/mol. The van der Waals surface area contributed by atoms with Crippen LogP contribution in [-0.4, -0.2) is 14.6 Å². The molecule has 0 radical (unpaired) electrons. The lowest BCUT2D eigenvalue weighted by Gasteiger charge is -2.11. The molecule has 4 nitrogen and oxygen atoms in total. The molecule has 4 heteroatoms. The summed E-state index contributed by atoms with van der Waals surface area (Å²) in [7, 11) is 0. The first-order valence-electron chi connectivity index (χ1n) is 13.0. The number of hydrogen-bond donors (Lipinski definition) is 0. The number of benzene rings is 5. The van der Waals surface area contributed by atoms with Gasteiger partial charge in [0, 0.05) is 32.7 Å². The summed E-state index contributed by atoms with van der Waals surface area (Å²) in [5.74, 6) is 0.841. The largest absolute Gasteiger partial charge is 0.455 e. The van der Waals surface area contributed by atoms with Crippen LogP contribution in [0, 0.1) is 0 Å². The summed E-state index contributed by atoms with van der Waals surface area (Å²) in [6, 6.07) is 38.3. The van der Waals surface area contributed by atoms with Gasteiger partial charge >= 0.3 is 0 Å². The van der Waals surface area contributed by atoms with Gasteiger partial charge in [0.25, 0.3) is 0 Å². The maximum absolute atomic E-state index is 6.28. The number of nitrogens with zero attached hydrogens (tertiary/aromatic N) is 3. The number of pyridine rings is 1. The van der Waals surface area contributed by atoms with Gasteiger partial charge in [-0.05, 0) is 41.1 Å². The molecule has 8 rings (SSSR count). The minimum atomic E-state index is 0.841. The van der Waals surface area contributed by atoms with Crippen molar-refractivity contribution in [3.05, 3.63) is 115 Å². The van der Waals surface area contributed by atoms with Crippen LogP contribution in [0.15, 0.2) is 114 Å². The molecular weight excluding hydrogens is 466 g/mol. The number of aromatic nitrogens is 3. The van der Waals surface area contributed by atoms with E-state index in [1.54, 1.807) is 0 Å². The van der Waals surface area contributed by atoms with Gasteiger partial charge in [-0.15, -0.1) is 10.2 Å². The van der Waals surface area contributed by atoms with Crippen LogP contribution in [0.3, 0.4) is 0 Å². The average Bonchev–Trinajstić information content (AvgIpc) is 3.60. The van der Waals surface area contributed by atoms with Gasteiger partial charge in [-0.1, -0.05) is 97.9 Å². The summed E-state index contributed by atoms with van der Waals surface area (Å²) in [4.78, 5) is 0. The number of aryl methyl sites for hydroxylation is 1. The van der Waals surface area contributed by atoms with Crippen molar-refractivity contribution in [1.29, 1.82) is 0 Å². The molecule has 5 aromatic carbocycles. The van der Waals surface area contributed by atoms with E-state index < -0.39 is 0 Å². The van der Waals surface area contributed by atoms with Crippen molar-refractivity contribution in [3.63, 3.8) is 0 Å². The summed E-state index contributed by atoms with van der Waals surface area (Å²) in [6.07, 6.45) is 0.997. The van der Waals surface area contributed by atoms with Gasteiger partial charge in [-0.2, -0.15) is 0 Å². The van der Waals surface area contributed by atoms with Gasteiger partial charge in [0.15, 0.2) is 11.5 Å². The molecule has 0 atom stereocenters. The lowest BCUT2D eigenvalue weighted by Crippen LogP contribution is -1.95. The molecule has 38 heavy (non-hydrogen) atoms. The predicted molar refractivity (Wildman–Crippen MR) is 156 cm³/mol. The van der Waals surface area contributed by atoms with E-state index in [0.717, 1.165) is 67.4 Å². The summed E-state index contributed by atoms with van der Waals surface area (Å²) in [5, 5.41) is 15.2. The highest BCUT2D eigenvalue weighted by atomic mass is 16.3. The summed E-state index contributed by atoms with van der Waals surface area (Å²) < 4.78 is 8.48. The molecule has 0 bridgehead atoms. The van der Waals surface area contributed by atoms with Crippen LogP contribution in [0.1, 0.15) is 12.5 Å². The molecule has 0 spiro atoms. The Morgan fingerprint density at radius 2 is 1.37 bits per heavy atom. The first kappa shape index (κ1) is 21.2.